The molecule has 0 aliphatic carbocycles. The van der Waals surface area contributed by atoms with E-state index in [1.165, 1.54) is 5.56 Å². The summed E-state index contributed by atoms with van der Waals surface area (Å²) in [5.41, 5.74) is 1.24. The number of methoxy groups -OCH3 is 1. The van der Waals surface area contributed by atoms with E-state index in [1.807, 2.05) is 42.5 Å². The second-order valence-electron chi connectivity index (χ2n) is 5.03. The lowest BCUT2D eigenvalue weighted by molar-refractivity contribution is 0.188. The Hall–Kier alpha value is -2.00. The Morgan fingerprint density at radius 1 is 0.952 bits per heavy atom. The lowest BCUT2D eigenvalue weighted by Gasteiger charge is -2.15. The fraction of sp³-hybridized carbons (Fsp3) is 0.333. The molecule has 0 spiro atoms. The molecule has 0 saturated carbocycles. The molecule has 1 unspecified atom stereocenters. The van der Waals surface area contributed by atoms with E-state index in [0.29, 0.717) is 6.61 Å². The van der Waals surface area contributed by atoms with Gasteiger partial charge in [0.1, 0.15) is 0 Å². The van der Waals surface area contributed by atoms with E-state index in [-0.39, 0.29) is 12.5 Å². The Kier molecular flexibility index (Phi) is 6.10. The first kappa shape index (κ1) is 15.4. The van der Waals surface area contributed by atoms with Crippen LogP contribution in [0.4, 0.5) is 0 Å². The molecule has 112 valence electrons. The van der Waals surface area contributed by atoms with E-state index in [4.69, 9.17) is 9.47 Å². The molecule has 0 aliphatic heterocycles. The molecule has 1 N–H and O–H groups in total. The number of aliphatic hydroxyl groups excluding tert-OH is 1. The van der Waals surface area contributed by atoms with Crippen LogP contribution in [0.25, 0.3) is 0 Å². The fourth-order valence-corrected chi connectivity index (χ4v) is 2.28. The van der Waals surface area contributed by atoms with Gasteiger partial charge in [0.05, 0.1) is 13.7 Å². The topological polar surface area (TPSA) is 38.7 Å². The first-order valence-corrected chi connectivity index (χ1v) is 7.24. The van der Waals surface area contributed by atoms with Gasteiger partial charge >= 0.3 is 0 Å². The van der Waals surface area contributed by atoms with Crippen molar-refractivity contribution >= 4 is 0 Å². The Balaban J connectivity index is 1.83. The van der Waals surface area contributed by atoms with Crippen molar-refractivity contribution in [1.29, 1.82) is 0 Å². The minimum atomic E-state index is 0.171. The van der Waals surface area contributed by atoms with Crippen LogP contribution in [0.2, 0.25) is 0 Å². The molecule has 2 aromatic rings. The molecule has 0 heterocycles. The summed E-state index contributed by atoms with van der Waals surface area (Å²) in [6.45, 7) is 0.739. The molecule has 0 fully saturated rings. The van der Waals surface area contributed by atoms with Crippen molar-refractivity contribution in [2.24, 2.45) is 5.92 Å². The smallest absolute Gasteiger partial charge is 0.161 e. The van der Waals surface area contributed by atoms with E-state index in [1.54, 1.807) is 7.11 Å². The van der Waals surface area contributed by atoms with Crippen LogP contribution in [0.1, 0.15) is 12.0 Å². The summed E-state index contributed by atoms with van der Waals surface area (Å²) in [6.07, 6.45) is 1.68. The number of aliphatic hydroxyl groups is 1. The summed E-state index contributed by atoms with van der Waals surface area (Å²) < 4.78 is 11.0. The van der Waals surface area contributed by atoms with Gasteiger partial charge in [0.15, 0.2) is 11.5 Å². The lowest BCUT2D eigenvalue weighted by atomic mass is 9.97. The van der Waals surface area contributed by atoms with E-state index in [2.05, 4.69) is 12.1 Å². The van der Waals surface area contributed by atoms with E-state index in [9.17, 15) is 5.11 Å². The summed E-state index contributed by atoms with van der Waals surface area (Å²) in [5, 5.41) is 9.51. The van der Waals surface area contributed by atoms with Gasteiger partial charge in [-0.05, 0) is 36.5 Å². The third kappa shape index (κ3) is 4.80. The molecule has 2 rings (SSSR count). The zero-order chi connectivity index (χ0) is 14.9. The highest BCUT2D eigenvalue weighted by atomic mass is 16.5. The molecular formula is C18H22O3. The van der Waals surface area contributed by atoms with E-state index < -0.39 is 0 Å². The Morgan fingerprint density at radius 2 is 1.62 bits per heavy atom. The van der Waals surface area contributed by atoms with Gasteiger partial charge in [-0.1, -0.05) is 42.5 Å². The highest BCUT2D eigenvalue weighted by Gasteiger charge is 2.10. The molecule has 0 bridgehead atoms. The van der Waals surface area contributed by atoms with Gasteiger partial charge in [-0.25, -0.2) is 0 Å². The predicted molar refractivity (Wildman–Crippen MR) is 83.8 cm³/mol. The van der Waals surface area contributed by atoms with Gasteiger partial charge in [0.2, 0.25) is 0 Å². The summed E-state index contributed by atoms with van der Waals surface area (Å²) in [5.74, 6) is 1.69. The highest BCUT2D eigenvalue weighted by molar-refractivity contribution is 5.39. The first-order chi connectivity index (χ1) is 10.3. The van der Waals surface area contributed by atoms with Crippen LogP contribution in [-0.4, -0.2) is 25.4 Å². The van der Waals surface area contributed by atoms with Crippen molar-refractivity contribution in [3.8, 4) is 11.5 Å². The van der Waals surface area contributed by atoms with Crippen molar-refractivity contribution < 1.29 is 14.6 Å². The molecule has 3 heteroatoms. The number of ether oxygens (including phenoxy) is 2. The van der Waals surface area contributed by atoms with Crippen LogP contribution in [-0.2, 0) is 6.42 Å². The molecule has 0 amide bonds. The van der Waals surface area contributed by atoms with Gasteiger partial charge < -0.3 is 14.6 Å². The van der Waals surface area contributed by atoms with Crippen molar-refractivity contribution in [2.45, 2.75) is 12.8 Å². The fourth-order valence-electron chi connectivity index (χ4n) is 2.28. The summed E-state index contributed by atoms with van der Waals surface area (Å²) in [6, 6.07) is 17.8. The Labute approximate surface area is 126 Å². The first-order valence-electron chi connectivity index (χ1n) is 7.24. The average Bonchev–Trinajstić information content (AvgIpc) is 2.55. The molecule has 3 nitrogen and oxygen atoms in total. The lowest BCUT2D eigenvalue weighted by Crippen LogP contribution is -2.14. The Morgan fingerprint density at radius 3 is 2.29 bits per heavy atom. The number of rotatable bonds is 8. The number of benzene rings is 2. The molecule has 1 atom stereocenters. The summed E-state index contributed by atoms with van der Waals surface area (Å²) >= 11 is 0. The maximum Gasteiger partial charge on any atom is 0.161 e. The highest BCUT2D eigenvalue weighted by Crippen LogP contribution is 2.26. The average molecular weight is 286 g/mol. The maximum absolute atomic E-state index is 9.51. The molecule has 0 aromatic heterocycles. The van der Waals surface area contributed by atoms with E-state index >= 15 is 0 Å². The van der Waals surface area contributed by atoms with Crippen LogP contribution in [0, 0.1) is 5.92 Å². The van der Waals surface area contributed by atoms with Crippen molar-refractivity contribution in [3.05, 3.63) is 60.2 Å². The Bertz CT molecular complexity index is 525. The molecule has 0 saturated heterocycles. The van der Waals surface area contributed by atoms with Gasteiger partial charge in [-0.3, -0.25) is 0 Å². The zero-order valence-electron chi connectivity index (χ0n) is 12.4. The van der Waals surface area contributed by atoms with Gasteiger partial charge in [0.25, 0.3) is 0 Å². The SMILES string of the molecule is COc1ccccc1OCCC(CO)Cc1ccccc1. The largest absolute Gasteiger partial charge is 0.493 e. The third-order valence-corrected chi connectivity index (χ3v) is 3.48. The third-order valence-electron chi connectivity index (χ3n) is 3.48. The monoisotopic (exact) mass is 286 g/mol. The summed E-state index contributed by atoms with van der Waals surface area (Å²) in [7, 11) is 1.63. The normalized spacial score (nSPS) is 11.9. The van der Waals surface area contributed by atoms with Crippen LogP contribution in [0.5, 0.6) is 11.5 Å². The summed E-state index contributed by atoms with van der Waals surface area (Å²) in [4.78, 5) is 0. The van der Waals surface area contributed by atoms with Gasteiger partial charge in [-0.15, -0.1) is 0 Å². The van der Waals surface area contributed by atoms with Gasteiger partial charge in [0, 0.05) is 6.61 Å². The standard InChI is InChI=1S/C18H22O3/c1-20-17-9-5-6-10-18(17)21-12-11-16(14-19)13-15-7-3-2-4-8-15/h2-10,16,19H,11-14H2,1H3. The molecular weight excluding hydrogens is 264 g/mol. The van der Waals surface area contributed by atoms with Crippen molar-refractivity contribution in [3.63, 3.8) is 0 Å². The molecule has 21 heavy (non-hydrogen) atoms. The van der Waals surface area contributed by atoms with Crippen LogP contribution in [0.3, 0.4) is 0 Å². The minimum absolute atomic E-state index is 0.171. The molecule has 0 radical (unpaired) electrons. The number of hydrogen-bond acceptors (Lipinski definition) is 3. The van der Waals surface area contributed by atoms with Crippen molar-refractivity contribution in [1.82, 2.24) is 0 Å². The number of para-hydroxylation sites is 2. The maximum atomic E-state index is 9.51. The number of hydrogen-bond donors (Lipinski definition) is 1. The van der Waals surface area contributed by atoms with Crippen molar-refractivity contribution in [2.75, 3.05) is 20.3 Å². The second kappa shape index (κ2) is 8.32. The van der Waals surface area contributed by atoms with Crippen LogP contribution >= 0.6 is 0 Å². The molecule has 2 aromatic carbocycles. The zero-order valence-corrected chi connectivity index (χ0v) is 12.4. The van der Waals surface area contributed by atoms with E-state index in [0.717, 1.165) is 24.3 Å². The minimum Gasteiger partial charge on any atom is -0.493 e. The second-order valence-corrected chi connectivity index (χ2v) is 5.03. The van der Waals surface area contributed by atoms with Crippen LogP contribution in [0.15, 0.2) is 54.6 Å². The molecule has 0 aliphatic rings. The predicted octanol–water partition coefficient (Wildman–Crippen LogP) is 3.32. The van der Waals surface area contributed by atoms with Crippen LogP contribution < -0.4 is 9.47 Å². The quantitative estimate of drug-likeness (QED) is 0.809. The van der Waals surface area contributed by atoms with Gasteiger partial charge in [-0.2, -0.15) is 0 Å².